The van der Waals surface area contributed by atoms with Gasteiger partial charge in [-0.2, -0.15) is 0 Å². The van der Waals surface area contributed by atoms with E-state index in [1.54, 1.807) is 38.3 Å². The van der Waals surface area contributed by atoms with E-state index in [4.69, 9.17) is 28.4 Å². The number of anilines is 2. The molecule has 12 heteroatoms. The molecule has 3 aromatic carbocycles. The summed E-state index contributed by atoms with van der Waals surface area (Å²) in [5.74, 6) is 1.88. The van der Waals surface area contributed by atoms with Crippen molar-refractivity contribution in [1.29, 1.82) is 0 Å². The molecule has 3 N–H and O–H groups in total. The molecule has 1 aliphatic rings. The molecule has 0 unspecified atom stereocenters. The van der Waals surface area contributed by atoms with E-state index in [1.807, 2.05) is 6.07 Å². The Morgan fingerprint density at radius 2 is 1.40 bits per heavy atom. The SMILES string of the molecule is COc1cc(NC(=O)[C@H](C)Nc2ccc3c(cc2=O)[C@H](NC(C)=O)CCc2cc(OC)c(OC)c(OC)c2-3)cc(OC)c1OC. The van der Waals surface area contributed by atoms with Crippen LogP contribution in [-0.4, -0.2) is 60.5 Å². The lowest BCUT2D eigenvalue weighted by Gasteiger charge is -2.19. The number of aryl methyl sites for hydroxylation is 1. The van der Waals surface area contributed by atoms with Crippen molar-refractivity contribution in [3.8, 4) is 45.6 Å². The second kappa shape index (κ2) is 14.1. The van der Waals surface area contributed by atoms with E-state index in [-0.39, 0.29) is 17.0 Å². The molecule has 240 valence electrons. The van der Waals surface area contributed by atoms with Crippen LogP contribution in [0.5, 0.6) is 34.5 Å². The van der Waals surface area contributed by atoms with Gasteiger partial charge in [0.25, 0.3) is 0 Å². The number of methoxy groups -OCH3 is 6. The predicted octanol–water partition coefficient (Wildman–Crippen LogP) is 4.33. The van der Waals surface area contributed by atoms with Gasteiger partial charge in [-0.05, 0) is 54.7 Å². The molecule has 0 heterocycles. The molecule has 2 amide bonds. The summed E-state index contributed by atoms with van der Waals surface area (Å²) in [6.07, 6.45) is 1.10. The van der Waals surface area contributed by atoms with E-state index in [2.05, 4.69) is 16.0 Å². The Hall–Kier alpha value is -5.13. The highest BCUT2D eigenvalue weighted by atomic mass is 16.5. The third kappa shape index (κ3) is 6.69. The molecule has 2 atom stereocenters. The second-order valence-electron chi connectivity index (χ2n) is 10.4. The van der Waals surface area contributed by atoms with Gasteiger partial charge in [0.2, 0.25) is 28.7 Å². The zero-order valence-corrected chi connectivity index (χ0v) is 26.7. The van der Waals surface area contributed by atoms with E-state index >= 15 is 0 Å². The maximum absolute atomic E-state index is 13.6. The molecule has 12 nitrogen and oxygen atoms in total. The fraction of sp³-hybridized carbons (Fsp3) is 0.364. The second-order valence-corrected chi connectivity index (χ2v) is 10.4. The summed E-state index contributed by atoms with van der Waals surface area (Å²) in [6, 6.07) is 8.74. The average Bonchev–Trinajstić information content (AvgIpc) is 3.27. The monoisotopic (exact) mass is 621 g/mol. The Kier molecular flexibility index (Phi) is 10.3. The molecule has 3 aromatic rings. The van der Waals surface area contributed by atoms with Crippen LogP contribution >= 0.6 is 0 Å². The highest BCUT2D eigenvalue weighted by Gasteiger charge is 2.29. The van der Waals surface area contributed by atoms with Gasteiger partial charge in [-0.15, -0.1) is 0 Å². The van der Waals surface area contributed by atoms with Gasteiger partial charge in [0.1, 0.15) is 6.04 Å². The largest absolute Gasteiger partial charge is 0.493 e. The molecule has 0 fully saturated rings. The predicted molar refractivity (Wildman–Crippen MR) is 170 cm³/mol. The summed E-state index contributed by atoms with van der Waals surface area (Å²) < 4.78 is 33.2. The number of carbonyl (C=O) groups excluding carboxylic acids is 2. The van der Waals surface area contributed by atoms with Crippen LogP contribution in [0.2, 0.25) is 0 Å². The van der Waals surface area contributed by atoms with Gasteiger partial charge in [-0.25, -0.2) is 0 Å². The van der Waals surface area contributed by atoms with E-state index in [1.165, 1.54) is 48.5 Å². The third-order valence-corrected chi connectivity index (χ3v) is 7.61. The van der Waals surface area contributed by atoms with Gasteiger partial charge in [0.05, 0.1) is 54.4 Å². The van der Waals surface area contributed by atoms with Crippen molar-refractivity contribution in [3.63, 3.8) is 0 Å². The first-order chi connectivity index (χ1) is 21.6. The normalized spacial score (nSPS) is 14.0. The molecule has 0 spiro atoms. The van der Waals surface area contributed by atoms with Gasteiger partial charge >= 0.3 is 0 Å². The van der Waals surface area contributed by atoms with Crippen molar-refractivity contribution < 1.29 is 38.0 Å². The van der Waals surface area contributed by atoms with E-state index in [0.717, 1.165) is 11.1 Å². The Bertz CT molecular complexity index is 1630. The van der Waals surface area contributed by atoms with Crippen LogP contribution in [-0.2, 0) is 16.0 Å². The molecule has 0 saturated heterocycles. The first-order valence-electron chi connectivity index (χ1n) is 14.3. The first-order valence-corrected chi connectivity index (χ1v) is 14.3. The lowest BCUT2D eigenvalue weighted by Crippen LogP contribution is -2.33. The molecular weight excluding hydrogens is 582 g/mol. The van der Waals surface area contributed by atoms with Crippen LogP contribution in [0.3, 0.4) is 0 Å². The minimum atomic E-state index is -0.823. The van der Waals surface area contributed by atoms with Crippen LogP contribution in [0.15, 0.2) is 41.2 Å². The quantitative estimate of drug-likeness (QED) is 0.283. The Balaban J connectivity index is 1.76. The lowest BCUT2D eigenvalue weighted by atomic mass is 9.95. The van der Waals surface area contributed by atoms with E-state index < -0.39 is 18.0 Å². The van der Waals surface area contributed by atoms with Crippen LogP contribution in [0, 0.1) is 0 Å². The van der Waals surface area contributed by atoms with Crippen molar-refractivity contribution in [1.82, 2.24) is 5.32 Å². The molecule has 4 rings (SSSR count). The molecular formula is C33H39N3O9. The van der Waals surface area contributed by atoms with Crippen LogP contribution < -0.4 is 49.8 Å². The zero-order chi connectivity index (χ0) is 32.8. The number of hydrogen-bond donors (Lipinski definition) is 3. The topological polar surface area (TPSA) is 143 Å². The van der Waals surface area contributed by atoms with E-state index in [9.17, 15) is 14.4 Å². The first kappa shape index (κ1) is 32.8. The molecule has 0 saturated carbocycles. The summed E-state index contributed by atoms with van der Waals surface area (Å²) in [5, 5.41) is 8.85. The summed E-state index contributed by atoms with van der Waals surface area (Å²) in [6.45, 7) is 3.08. The summed E-state index contributed by atoms with van der Waals surface area (Å²) in [5.41, 5.74) is 3.18. The zero-order valence-electron chi connectivity index (χ0n) is 26.7. The fourth-order valence-electron chi connectivity index (χ4n) is 5.53. The molecule has 0 aromatic heterocycles. The van der Waals surface area contributed by atoms with Crippen molar-refractivity contribution in [2.45, 2.75) is 38.8 Å². The molecule has 0 radical (unpaired) electrons. The number of fused-ring (bicyclic) bond motifs is 3. The number of nitrogens with one attached hydrogen (secondary N) is 3. The Morgan fingerprint density at radius 3 is 1.96 bits per heavy atom. The smallest absolute Gasteiger partial charge is 0.246 e. The number of hydrogen-bond acceptors (Lipinski definition) is 10. The number of benzene rings is 2. The van der Waals surface area contributed by atoms with E-state index in [0.29, 0.717) is 64.2 Å². The van der Waals surface area contributed by atoms with Gasteiger partial charge < -0.3 is 44.4 Å². The highest BCUT2D eigenvalue weighted by molar-refractivity contribution is 5.97. The number of amides is 2. The van der Waals surface area contributed by atoms with Crippen molar-refractivity contribution >= 4 is 23.2 Å². The standard InChI is InChI=1S/C33H39N3O9/c1-17(33(39)36-20-14-27(41-4)30(43-6)28(15-20)42-5)34-24-12-10-21-22(16-25(24)38)23(35-18(2)37)11-9-19-13-26(40-3)31(44-7)32(45-8)29(19)21/h10,12-17,23H,9,11H2,1-8H3,(H,34,38)(H,35,37)(H,36,39)/t17-,23+/m0/s1. The molecule has 1 aliphatic carbocycles. The maximum Gasteiger partial charge on any atom is 0.246 e. The van der Waals surface area contributed by atoms with Crippen molar-refractivity contribution in [2.24, 2.45) is 0 Å². The fourth-order valence-corrected chi connectivity index (χ4v) is 5.53. The number of rotatable bonds is 11. The lowest BCUT2D eigenvalue weighted by molar-refractivity contribution is -0.119. The van der Waals surface area contributed by atoms with Gasteiger partial charge in [-0.1, -0.05) is 6.07 Å². The number of carbonyl (C=O) groups is 2. The maximum atomic E-state index is 13.6. The average molecular weight is 622 g/mol. The van der Waals surface area contributed by atoms with Crippen molar-refractivity contribution in [2.75, 3.05) is 53.3 Å². The minimum absolute atomic E-state index is 0.193. The highest BCUT2D eigenvalue weighted by Crippen LogP contribution is 2.50. The van der Waals surface area contributed by atoms with Gasteiger partial charge in [0.15, 0.2) is 23.0 Å². The number of ether oxygens (including phenoxy) is 6. The molecule has 0 aliphatic heterocycles. The Morgan fingerprint density at radius 1 is 0.800 bits per heavy atom. The molecule has 0 bridgehead atoms. The summed E-state index contributed by atoms with van der Waals surface area (Å²) in [7, 11) is 9.07. The van der Waals surface area contributed by atoms with Crippen LogP contribution in [0.25, 0.3) is 11.1 Å². The molecule has 45 heavy (non-hydrogen) atoms. The summed E-state index contributed by atoms with van der Waals surface area (Å²) in [4.78, 5) is 39.1. The van der Waals surface area contributed by atoms with Gasteiger partial charge in [0, 0.05) is 30.3 Å². The van der Waals surface area contributed by atoms with Crippen LogP contribution in [0.4, 0.5) is 11.4 Å². The minimum Gasteiger partial charge on any atom is -0.493 e. The van der Waals surface area contributed by atoms with Crippen LogP contribution in [0.1, 0.15) is 37.4 Å². The summed E-state index contributed by atoms with van der Waals surface area (Å²) >= 11 is 0. The third-order valence-electron chi connectivity index (χ3n) is 7.61. The van der Waals surface area contributed by atoms with Crippen molar-refractivity contribution in [3.05, 3.63) is 57.7 Å². The van der Waals surface area contributed by atoms with Gasteiger partial charge in [-0.3, -0.25) is 14.4 Å². The Labute approximate surface area is 261 Å².